The van der Waals surface area contributed by atoms with E-state index in [1.54, 1.807) is 32.3 Å². The molecule has 1 aliphatic rings. The molecule has 1 aliphatic carbocycles. The molecule has 24 heavy (non-hydrogen) atoms. The molecule has 0 atom stereocenters. The van der Waals surface area contributed by atoms with Gasteiger partial charge in [0.25, 0.3) is 11.8 Å². The molecule has 0 saturated heterocycles. The molecule has 1 heterocycles. The Morgan fingerprint density at radius 2 is 2.00 bits per heavy atom. The molecule has 0 aliphatic heterocycles. The van der Waals surface area contributed by atoms with Crippen LogP contribution in [0, 0.1) is 0 Å². The summed E-state index contributed by atoms with van der Waals surface area (Å²) in [7, 11) is 3.32. The van der Waals surface area contributed by atoms with Crippen LogP contribution < -0.4 is 5.32 Å². The van der Waals surface area contributed by atoms with Gasteiger partial charge in [-0.05, 0) is 43.9 Å². The fourth-order valence-electron chi connectivity index (χ4n) is 2.87. The second-order valence-corrected chi connectivity index (χ2v) is 6.49. The fourth-order valence-corrected chi connectivity index (χ4v) is 3.13. The molecule has 0 fully saturated rings. The van der Waals surface area contributed by atoms with Crippen molar-refractivity contribution in [1.82, 2.24) is 15.1 Å². The molecule has 1 aromatic heterocycles. The van der Waals surface area contributed by atoms with Crippen LogP contribution in [0.15, 0.2) is 18.2 Å². The monoisotopic (exact) mass is 346 g/mol. The zero-order valence-electron chi connectivity index (χ0n) is 13.6. The Kier molecular flexibility index (Phi) is 4.57. The van der Waals surface area contributed by atoms with Gasteiger partial charge in [-0.15, -0.1) is 0 Å². The third-order valence-electron chi connectivity index (χ3n) is 4.13. The highest BCUT2D eigenvalue weighted by Gasteiger charge is 2.22. The van der Waals surface area contributed by atoms with Gasteiger partial charge in [-0.25, -0.2) is 0 Å². The van der Waals surface area contributed by atoms with Gasteiger partial charge in [-0.2, -0.15) is 5.10 Å². The molecular formula is C17H19ClN4O2. The highest BCUT2D eigenvalue weighted by Crippen LogP contribution is 2.25. The van der Waals surface area contributed by atoms with Gasteiger partial charge in [0.2, 0.25) is 0 Å². The highest BCUT2D eigenvalue weighted by molar-refractivity contribution is 6.34. The molecule has 2 amide bonds. The Morgan fingerprint density at radius 1 is 1.25 bits per heavy atom. The number of nitrogens with one attached hydrogen (secondary N) is 2. The lowest BCUT2D eigenvalue weighted by atomic mass is 9.96. The lowest BCUT2D eigenvalue weighted by Crippen LogP contribution is -2.22. The van der Waals surface area contributed by atoms with E-state index in [0.717, 1.165) is 36.9 Å². The molecule has 0 spiro atoms. The van der Waals surface area contributed by atoms with Crippen molar-refractivity contribution in [3.8, 4) is 0 Å². The Labute approximate surface area is 145 Å². The topological polar surface area (TPSA) is 78.1 Å². The number of aromatic nitrogens is 2. The van der Waals surface area contributed by atoms with Crippen molar-refractivity contribution < 1.29 is 9.59 Å². The number of H-pyrrole nitrogens is 1. The third-order valence-corrected chi connectivity index (χ3v) is 4.45. The van der Waals surface area contributed by atoms with Gasteiger partial charge in [-0.3, -0.25) is 14.7 Å². The van der Waals surface area contributed by atoms with Crippen LogP contribution in [0.5, 0.6) is 0 Å². The van der Waals surface area contributed by atoms with Gasteiger partial charge in [0.1, 0.15) is 0 Å². The van der Waals surface area contributed by atoms with E-state index in [2.05, 4.69) is 15.5 Å². The van der Waals surface area contributed by atoms with Crippen LogP contribution in [-0.2, 0) is 12.8 Å². The molecule has 0 saturated carbocycles. The standard InChI is InChI=1S/C17H19ClN4O2/c1-22(2)17(24)11-8-7-10(9-13(11)18)19-16(23)15-12-5-3-4-6-14(12)20-21-15/h7-9H,3-6H2,1-2H3,(H,19,23)(H,20,21). The summed E-state index contributed by atoms with van der Waals surface area (Å²) in [6.45, 7) is 0. The zero-order valence-corrected chi connectivity index (χ0v) is 14.4. The largest absolute Gasteiger partial charge is 0.345 e. The number of hydrogen-bond donors (Lipinski definition) is 2. The van der Waals surface area contributed by atoms with Gasteiger partial charge in [0.05, 0.1) is 10.6 Å². The first-order valence-electron chi connectivity index (χ1n) is 7.86. The van der Waals surface area contributed by atoms with E-state index >= 15 is 0 Å². The predicted molar refractivity (Wildman–Crippen MR) is 92.7 cm³/mol. The first-order chi connectivity index (χ1) is 11.5. The van der Waals surface area contributed by atoms with Crippen molar-refractivity contribution in [1.29, 1.82) is 0 Å². The summed E-state index contributed by atoms with van der Waals surface area (Å²) in [6, 6.07) is 4.86. The molecule has 6 nitrogen and oxygen atoms in total. The summed E-state index contributed by atoms with van der Waals surface area (Å²) in [4.78, 5) is 25.9. The number of aromatic amines is 1. The van der Waals surface area contributed by atoms with Gasteiger partial charge in [0.15, 0.2) is 5.69 Å². The second kappa shape index (κ2) is 6.65. The van der Waals surface area contributed by atoms with Crippen molar-refractivity contribution in [2.45, 2.75) is 25.7 Å². The number of amides is 2. The van der Waals surface area contributed by atoms with Crippen LogP contribution >= 0.6 is 11.6 Å². The van der Waals surface area contributed by atoms with Crippen LogP contribution in [0.2, 0.25) is 5.02 Å². The van der Waals surface area contributed by atoms with Crippen LogP contribution in [0.3, 0.4) is 0 Å². The van der Waals surface area contributed by atoms with Crippen molar-refractivity contribution in [3.05, 3.63) is 45.7 Å². The molecule has 0 unspecified atom stereocenters. The van der Waals surface area contributed by atoms with E-state index in [1.807, 2.05) is 0 Å². The van der Waals surface area contributed by atoms with E-state index in [0.29, 0.717) is 22.0 Å². The number of carbonyl (C=O) groups is 2. The lowest BCUT2D eigenvalue weighted by molar-refractivity contribution is 0.0827. The second-order valence-electron chi connectivity index (χ2n) is 6.08. The van der Waals surface area contributed by atoms with Crippen LogP contribution in [0.25, 0.3) is 0 Å². The number of rotatable bonds is 3. The smallest absolute Gasteiger partial charge is 0.276 e. The summed E-state index contributed by atoms with van der Waals surface area (Å²) < 4.78 is 0. The minimum Gasteiger partial charge on any atom is -0.345 e. The number of carbonyl (C=O) groups excluding carboxylic acids is 2. The van der Waals surface area contributed by atoms with Gasteiger partial charge >= 0.3 is 0 Å². The quantitative estimate of drug-likeness (QED) is 0.897. The van der Waals surface area contributed by atoms with Crippen molar-refractivity contribution in [2.75, 3.05) is 19.4 Å². The van der Waals surface area contributed by atoms with Crippen molar-refractivity contribution in [3.63, 3.8) is 0 Å². The van der Waals surface area contributed by atoms with E-state index in [9.17, 15) is 9.59 Å². The molecule has 3 rings (SSSR count). The molecule has 126 valence electrons. The van der Waals surface area contributed by atoms with Crippen molar-refractivity contribution in [2.24, 2.45) is 0 Å². The van der Waals surface area contributed by atoms with Crippen LogP contribution in [0.4, 0.5) is 5.69 Å². The zero-order chi connectivity index (χ0) is 17.3. The number of anilines is 1. The van der Waals surface area contributed by atoms with E-state index in [1.165, 1.54) is 4.90 Å². The number of benzene rings is 1. The molecule has 7 heteroatoms. The number of fused-ring (bicyclic) bond motifs is 1. The lowest BCUT2D eigenvalue weighted by Gasteiger charge is -2.13. The predicted octanol–water partition coefficient (Wildman–Crippen LogP) is 2.90. The van der Waals surface area contributed by atoms with E-state index in [-0.39, 0.29) is 11.8 Å². The summed E-state index contributed by atoms with van der Waals surface area (Å²) in [5.74, 6) is -0.448. The normalized spacial score (nSPS) is 13.3. The number of nitrogens with zero attached hydrogens (tertiary/aromatic N) is 2. The maximum absolute atomic E-state index is 12.5. The SMILES string of the molecule is CN(C)C(=O)c1ccc(NC(=O)c2n[nH]c3c2CCCC3)cc1Cl. The summed E-state index contributed by atoms with van der Waals surface area (Å²) in [5.41, 5.74) is 3.43. The first kappa shape index (κ1) is 16.5. The Morgan fingerprint density at radius 3 is 2.71 bits per heavy atom. The van der Waals surface area contributed by atoms with Crippen LogP contribution in [0.1, 0.15) is 44.9 Å². The number of halogens is 1. The summed E-state index contributed by atoms with van der Waals surface area (Å²) in [5, 5.41) is 10.2. The first-order valence-corrected chi connectivity index (χ1v) is 8.24. The van der Waals surface area contributed by atoms with Gasteiger partial charge < -0.3 is 10.2 Å². The van der Waals surface area contributed by atoms with Gasteiger partial charge in [-0.1, -0.05) is 11.6 Å². The van der Waals surface area contributed by atoms with Crippen LogP contribution in [-0.4, -0.2) is 41.0 Å². The third kappa shape index (κ3) is 3.14. The summed E-state index contributed by atoms with van der Waals surface area (Å²) >= 11 is 6.17. The van der Waals surface area contributed by atoms with E-state index < -0.39 is 0 Å². The summed E-state index contributed by atoms with van der Waals surface area (Å²) in [6.07, 6.45) is 3.99. The molecular weight excluding hydrogens is 328 g/mol. The highest BCUT2D eigenvalue weighted by atomic mass is 35.5. The average molecular weight is 347 g/mol. The Balaban J connectivity index is 1.79. The van der Waals surface area contributed by atoms with Crippen molar-refractivity contribution >= 4 is 29.1 Å². The van der Waals surface area contributed by atoms with Gasteiger partial charge in [0, 0.05) is 31.0 Å². The van der Waals surface area contributed by atoms with E-state index in [4.69, 9.17) is 11.6 Å². The molecule has 1 aromatic carbocycles. The maximum Gasteiger partial charge on any atom is 0.276 e. The molecule has 0 bridgehead atoms. The fraction of sp³-hybridized carbons (Fsp3) is 0.353. The minimum absolute atomic E-state index is 0.181. The number of hydrogen-bond acceptors (Lipinski definition) is 3. The minimum atomic E-state index is -0.267. The number of aryl methyl sites for hydroxylation is 1. The Bertz CT molecular complexity index is 798. The molecule has 2 N–H and O–H groups in total. The molecule has 2 aromatic rings. The Hall–Kier alpha value is -2.34. The molecule has 0 radical (unpaired) electrons. The maximum atomic E-state index is 12.5. The average Bonchev–Trinajstić information content (AvgIpc) is 2.98.